The molecule has 0 bridgehead atoms. The number of aliphatic imine (C=N–C) groups is 1. The monoisotopic (exact) mass is 561 g/mol. The van der Waals surface area contributed by atoms with E-state index in [9.17, 15) is 18.8 Å². The molecular weight excluding hydrogens is 533 g/mol. The molecule has 0 spiro atoms. The van der Waals surface area contributed by atoms with Gasteiger partial charge in [-0.05, 0) is 48.5 Å². The van der Waals surface area contributed by atoms with Crippen LogP contribution in [0.15, 0.2) is 65.8 Å². The van der Waals surface area contributed by atoms with E-state index < -0.39 is 17.9 Å². The molecule has 2 amide bonds. The minimum absolute atomic E-state index is 0.00666. The minimum atomic E-state index is -0.929. The number of halogens is 1. The summed E-state index contributed by atoms with van der Waals surface area (Å²) in [5.74, 6) is -0.711. The van der Waals surface area contributed by atoms with Gasteiger partial charge in [0.2, 0.25) is 0 Å². The maximum absolute atomic E-state index is 14.6. The number of hydrogen-bond donors (Lipinski definition) is 2. The van der Waals surface area contributed by atoms with Crippen LogP contribution in [0.5, 0.6) is 0 Å². The van der Waals surface area contributed by atoms with Gasteiger partial charge in [0, 0.05) is 31.0 Å². The number of aromatic nitrogens is 3. The van der Waals surface area contributed by atoms with E-state index in [2.05, 4.69) is 25.0 Å². The third-order valence-electron chi connectivity index (χ3n) is 6.24. The van der Waals surface area contributed by atoms with Gasteiger partial charge in [0.1, 0.15) is 23.3 Å². The van der Waals surface area contributed by atoms with E-state index in [4.69, 9.17) is 10.5 Å². The quantitative estimate of drug-likeness (QED) is 0.178. The number of nitrogens with one attached hydrogen (secondary N) is 1. The number of esters is 1. The van der Waals surface area contributed by atoms with Crippen LogP contribution < -0.4 is 16.0 Å². The lowest BCUT2D eigenvalue weighted by atomic mass is 10.1. The van der Waals surface area contributed by atoms with Gasteiger partial charge in [-0.3, -0.25) is 14.5 Å². The van der Waals surface area contributed by atoms with Crippen molar-refractivity contribution >= 4 is 46.3 Å². The van der Waals surface area contributed by atoms with Crippen molar-refractivity contribution in [3.05, 3.63) is 83.6 Å². The molecule has 3 N–H and O–H groups in total. The molecule has 41 heavy (non-hydrogen) atoms. The maximum Gasteiger partial charge on any atom is 0.435 e. The van der Waals surface area contributed by atoms with E-state index in [1.54, 1.807) is 48.7 Å². The van der Waals surface area contributed by atoms with Gasteiger partial charge in [-0.2, -0.15) is 4.99 Å². The average Bonchev–Trinajstić information content (AvgIpc) is 3.30. The second-order valence-corrected chi connectivity index (χ2v) is 8.78. The van der Waals surface area contributed by atoms with Crippen LogP contribution in [0.1, 0.15) is 28.2 Å². The standard InChI is InChI=1S/C28H28FN7O5/c1-35-22-10-7-17(27(38)36(13-11-25(37)40-2)23-6-4-5-12-31-23)14-21(22)33-24(35)16-32-18-8-9-19(20(29)15-18)26(30)34-28(39)41-3/h4-10,12,14-15,32H,11,13,16H2,1-3H3,(H2,30,34,39). The summed E-state index contributed by atoms with van der Waals surface area (Å²) < 4.78 is 25.6. The molecule has 0 atom stereocenters. The Labute approximate surface area is 234 Å². The number of rotatable bonds is 9. The summed E-state index contributed by atoms with van der Waals surface area (Å²) in [6, 6.07) is 14.6. The topological polar surface area (TPSA) is 154 Å². The molecule has 13 heteroatoms. The number of benzene rings is 2. The fraction of sp³-hybridized carbons (Fsp3) is 0.214. The molecule has 12 nitrogen and oxygen atoms in total. The number of methoxy groups -OCH3 is 2. The first-order chi connectivity index (χ1) is 19.7. The van der Waals surface area contributed by atoms with E-state index in [1.165, 1.54) is 24.1 Å². The lowest BCUT2D eigenvalue weighted by Gasteiger charge is -2.21. The van der Waals surface area contributed by atoms with E-state index >= 15 is 0 Å². The lowest BCUT2D eigenvalue weighted by molar-refractivity contribution is -0.140. The summed E-state index contributed by atoms with van der Waals surface area (Å²) in [6.45, 7) is 0.339. The number of aryl methyl sites for hydroxylation is 1. The van der Waals surface area contributed by atoms with Crippen LogP contribution in [0.25, 0.3) is 11.0 Å². The van der Waals surface area contributed by atoms with Crippen molar-refractivity contribution in [3.63, 3.8) is 0 Å². The molecule has 4 rings (SSSR count). The number of amides is 2. The summed E-state index contributed by atoms with van der Waals surface area (Å²) in [6.07, 6.45) is 0.646. The van der Waals surface area contributed by atoms with Crippen molar-refractivity contribution in [2.75, 3.05) is 31.0 Å². The number of hydrogen-bond acceptors (Lipinski definition) is 8. The van der Waals surface area contributed by atoms with Gasteiger partial charge in [0.05, 0.1) is 43.8 Å². The van der Waals surface area contributed by atoms with Crippen molar-refractivity contribution in [2.24, 2.45) is 17.8 Å². The van der Waals surface area contributed by atoms with Crippen molar-refractivity contribution in [1.29, 1.82) is 0 Å². The first-order valence-corrected chi connectivity index (χ1v) is 12.4. The molecule has 0 fully saturated rings. The van der Waals surface area contributed by atoms with Gasteiger partial charge in [0.15, 0.2) is 0 Å². The first kappa shape index (κ1) is 28.7. The van der Waals surface area contributed by atoms with Crippen LogP contribution in [0, 0.1) is 5.82 Å². The number of nitrogens with two attached hydrogens (primary N) is 1. The summed E-state index contributed by atoms with van der Waals surface area (Å²) in [7, 11) is 4.27. The number of imidazole rings is 1. The highest BCUT2D eigenvalue weighted by Crippen LogP contribution is 2.22. The Morgan fingerprint density at radius 3 is 2.59 bits per heavy atom. The predicted molar refractivity (Wildman–Crippen MR) is 150 cm³/mol. The Hall–Kier alpha value is -5.33. The Morgan fingerprint density at radius 2 is 1.90 bits per heavy atom. The second kappa shape index (κ2) is 12.7. The Balaban J connectivity index is 1.53. The Kier molecular flexibility index (Phi) is 8.87. The second-order valence-electron chi connectivity index (χ2n) is 8.78. The van der Waals surface area contributed by atoms with Gasteiger partial charge in [-0.15, -0.1) is 0 Å². The van der Waals surface area contributed by atoms with Gasteiger partial charge < -0.3 is 25.1 Å². The van der Waals surface area contributed by atoms with Crippen LogP contribution in [0.4, 0.5) is 20.7 Å². The Morgan fingerprint density at radius 1 is 1.10 bits per heavy atom. The third-order valence-corrected chi connectivity index (χ3v) is 6.24. The molecule has 212 valence electrons. The van der Waals surface area contributed by atoms with Crippen molar-refractivity contribution in [1.82, 2.24) is 14.5 Å². The van der Waals surface area contributed by atoms with Gasteiger partial charge >= 0.3 is 12.1 Å². The zero-order valence-electron chi connectivity index (χ0n) is 22.6. The highest BCUT2D eigenvalue weighted by molar-refractivity contribution is 6.07. The molecule has 2 aromatic heterocycles. The van der Waals surface area contributed by atoms with Crippen molar-refractivity contribution in [3.8, 4) is 0 Å². The summed E-state index contributed by atoms with van der Waals surface area (Å²) in [4.78, 5) is 50.3. The average molecular weight is 562 g/mol. The fourth-order valence-electron chi connectivity index (χ4n) is 4.05. The molecule has 0 unspecified atom stereocenters. The fourth-order valence-corrected chi connectivity index (χ4v) is 4.05. The molecule has 0 aliphatic rings. The predicted octanol–water partition coefficient (Wildman–Crippen LogP) is 3.40. The van der Waals surface area contributed by atoms with Crippen LogP contribution >= 0.6 is 0 Å². The molecule has 0 aliphatic carbocycles. The van der Waals surface area contributed by atoms with Crippen molar-refractivity contribution < 1.29 is 28.2 Å². The highest BCUT2D eigenvalue weighted by Gasteiger charge is 2.21. The summed E-state index contributed by atoms with van der Waals surface area (Å²) >= 11 is 0. The number of carbonyl (C=O) groups is 3. The van der Waals surface area contributed by atoms with E-state index in [0.717, 1.165) is 12.6 Å². The third kappa shape index (κ3) is 6.64. The minimum Gasteiger partial charge on any atom is -0.469 e. The molecular formula is C28H28FN7O5. The zero-order chi connectivity index (χ0) is 29.5. The van der Waals surface area contributed by atoms with Crippen LogP contribution in [-0.2, 0) is 27.9 Å². The molecule has 2 heterocycles. The molecule has 2 aromatic carbocycles. The lowest BCUT2D eigenvalue weighted by Crippen LogP contribution is -2.33. The first-order valence-electron chi connectivity index (χ1n) is 12.4. The maximum atomic E-state index is 14.6. The number of pyridine rings is 1. The SMILES string of the molecule is COC(=O)CCN(C(=O)c1ccc2c(c1)nc(CNc1ccc(/C(N)=N\C(=O)OC)c(F)c1)n2C)c1ccccn1. The van der Waals surface area contributed by atoms with E-state index in [0.29, 0.717) is 28.4 Å². The van der Waals surface area contributed by atoms with Crippen LogP contribution in [0.2, 0.25) is 0 Å². The van der Waals surface area contributed by atoms with E-state index in [1.807, 2.05) is 11.6 Å². The molecule has 0 aliphatic heterocycles. The number of anilines is 2. The highest BCUT2D eigenvalue weighted by atomic mass is 19.1. The molecule has 0 radical (unpaired) electrons. The number of carbonyl (C=O) groups excluding carboxylic acids is 3. The Bertz CT molecular complexity index is 1620. The van der Waals surface area contributed by atoms with Gasteiger partial charge in [-0.25, -0.2) is 19.2 Å². The number of fused-ring (bicyclic) bond motifs is 1. The molecule has 0 saturated heterocycles. The number of ether oxygens (including phenoxy) is 2. The number of amidine groups is 1. The van der Waals surface area contributed by atoms with Crippen LogP contribution in [0.3, 0.4) is 0 Å². The number of nitrogens with zero attached hydrogens (tertiary/aromatic N) is 5. The van der Waals surface area contributed by atoms with E-state index in [-0.39, 0.29) is 36.8 Å². The summed E-state index contributed by atoms with van der Waals surface area (Å²) in [5, 5.41) is 3.11. The van der Waals surface area contributed by atoms with Crippen molar-refractivity contribution in [2.45, 2.75) is 13.0 Å². The molecule has 0 saturated carbocycles. The van der Waals surface area contributed by atoms with Crippen LogP contribution in [-0.4, -0.2) is 59.1 Å². The largest absolute Gasteiger partial charge is 0.469 e. The normalized spacial score (nSPS) is 11.3. The van der Waals surface area contributed by atoms with Gasteiger partial charge in [-0.1, -0.05) is 6.07 Å². The molecule has 4 aromatic rings. The van der Waals surface area contributed by atoms with Gasteiger partial charge in [0.25, 0.3) is 5.91 Å². The zero-order valence-corrected chi connectivity index (χ0v) is 22.6. The summed E-state index contributed by atoms with van der Waals surface area (Å²) in [5.41, 5.74) is 7.85. The smallest absolute Gasteiger partial charge is 0.435 e.